The topological polar surface area (TPSA) is 96.9 Å². The van der Waals surface area contributed by atoms with Gasteiger partial charge in [0.05, 0.1) is 36.1 Å². The number of nitrogens with zero attached hydrogens (tertiary/aromatic N) is 6. The summed E-state index contributed by atoms with van der Waals surface area (Å²) >= 11 is 0. The number of aromatic nitrogens is 4. The molecule has 1 aliphatic carbocycles. The van der Waals surface area contributed by atoms with Gasteiger partial charge in [-0.2, -0.15) is 5.26 Å². The van der Waals surface area contributed by atoms with Crippen molar-refractivity contribution in [2.45, 2.75) is 6.10 Å². The molecule has 8 nitrogen and oxygen atoms in total. The minimum absolute atomic E-state index is 0.0279. The summed E-state index contributed by atoms with van der Waals surface area (Å²) in [6.07, 6.45) is 10.7. The number of hydrogen-bond acceptors (Lipinski definition) is 7. The van der Waals surface area contributed by atoms with E-state index in [1.54, 1.807) is 19.3 Å². The van der Waals surface area contributed by atoms with E-state index < -0.39 is 0 Å². The fraction of sp³-hybridized carbons (Fsp3) is 0.350. The van der Waals surface area contributed by atoms with E-state index in [1.165, 1.54) is 17.0 Å². The number of allylic oxidation sites excluding steroid dienone is 3. The van der Waals surface area contributed by atoms with Crippen molar-refractivity contribution < 1.29 is 4.74 Å². The van der Waals surface area contributed by atoms with E-state index in [0.717, 1.165) is 0 Å². The van der Waals surface area contributed by atoms with Gasteiger partial charge in [-0.15, -0.1) is 0 Å². The molecule has 1 fully saturated rings. The van der Waals surface area contributed by atoms with Crippen molar-refractivity contribution in [3.05, 3.63) is 59.3 Å². The van der Waals surface area contributed by atoms with Gasteiger partial charge in [0.15, 0.2) is 0 Å². The van der Waals surface area contributed by atoms with Crippen molar-refractivity contribution in [3.8, 4) is 17.5 Å². The van der Waals surface area contributed by atoms with Crippen molar-refractivity contribution in [2.24, 2.45) is 18.9 Å². The molecule has 1 saturated heterocycles. The Hall–Kier alpha value is -3.31. The van der Waals surface area contributed by atoms with Gasteiger partial charge in [-0.25, -0.2) is 15.0 Å². The lowest BCUT2D eigenvalue weighted by Crippen LogP contribution is -2.48. The molecule has 0 N–H and O–H groups in total. The van der Waals surface area contributed by atoms with E-state index in [4.69, 9.17) is 9.72 Å². The van der Waals surface area contributed by atoms with Gasteiger partial charge in [-0.3, -0.25) is 9.36 Å². The molecule has 2 aromatic heterocycles. The zero-order valence-electron chi connectivity index (χ0n) is 15.5. The summed E-state index contributed by atoms with van der Waals surface area (Å²) in [6.45, 7) is 1.67. The zero-order chi connectivity index (χ0) is 19.5. The predicted octanol–water partition coefficient (Wildman–Crippen LogP) is 1.32. The highest BCUT2D eigenvalue weighted by Crippen LogP contribution is 2.28. The molecule has 2 unspecified atom stereocenters. The van der Waals surface area contributed by atoms with Crippen LogP contribution in [0.25, 0.3) is 11.4 Å². The lowest BCUT2D eigenvalue weighted by atomic mass is 9.84. The Balaban J connectivity index is 1.64. The van der Waals surface area contributed by atoms with Gasteiger partial charge >= 0.3 is 0 Å². The van der Waals surface area contributed by atoms with Crippen LogP contribution in [0.2, 0.25) is 0 Å². The van der Waals surface area contributed by atoms with E-state index in [0.29, 0.717) is 37.0 Å². The Morgan fingerprint density at radius 2 is 2.14 bits per heavy atom. The summed E-state index contributed by atoms with van der Waals surface area (Å²) in [4.78, 5) is 27.4. The van der Waals surface area contributed by atoms with Gasteiger partial charge in [-0.1, -0.05) is 24.3 Å². The average Bonchev–Trinajstić information content (AvgIpc) is 2.76. The van der Waals surface area contributed by atoms with Crippen LogP contribution in [0.15, 0.2) is 53.8 Å². The van der Waals surface area contributed by atoms with Crippen LogP contribution in [0.5, 0.6) is 0 Å². The lowest BCUT2D eigenvalue weighted by Gasteiger charge is -2.38. The third-order valence-corrected chi connectivity index (χ3v) is 5.09. The highest BCUT2D eigenvalue weighted by atomic mass is 16.5. The van der Waals surface area contributed by atoms with E-state index in [-0.39, 0.29) is 23.5 Å². The van der Waals surface area contributed by atoms with Crippen molar-refractivity contribution in [2.75, 3.05) is 24.6 Å². The van der Waals surface area contributed by atoms with E-state index in [2.05, 4.69) is 16.0 Å². The SMILES string of the molecule is Cn1c(N2CCO[C@H](C3C=CC=CC3C#N)C2)nc(-c2ccncn2)cc1=O. The van der Waals surface area contributed by atoms with Crippen LogP contribution in [0.4, 0.5) is 5.95 Å². The second-order valence-electron chi connectivity index (χ2n) is 6.79. The minimum Gasteiger partial charge on any atom is -0.374 e. The second kappa shape index (κ2) is 7.74. The highest BCUT2D eigenvalue weighted by Gasteiger charge is 2.33. The number of ether oxygens (including phenoxy) is 1. The maximum Gasteiger partial charge on any atom is 0.255 e. The molecule has 142 valence electrons. The first-order valence-electron chi connectivity index (χ1n) is 9.13. The molecule has 0 spiro atoms. The van der Waals surface area contributed by atoms with E-state index in [1.807, 2.05) is 29.2 Å². The number of morpholine rings is 1. The lowest BCUT2D eigenvalue weighted by molar-refractivity contribution is 0.00774. The summed E-state index contributed by atoms with van der Waals surface area (Å²) in [7, 11) is 1.71. The monoisotopic (exact) mass is 376 g/mol. The third kappa shape index (κ3) is 3.44. The molecule has 1 aliphatic heterocycles. The van der Waals surface area contributed by atoms with Gasteiger partial charge < -0.3 is 9.64 Å². The van der Waals surface area contributed by atoms with Crippen molar-refractivity contribution in [1.29, 1.82) is 5.26 Å². The molecule has 3 heterocycles. The first-order chi connectivity index (χ1) is 13.7. The standard InChI is InChI=1S/C20H20N6O2/c1-25-19(27)10-17(16-6-7-22-13-23-16)24-20(25)26-8-9-28-18(12-26)15-5-3-2-4-14(15)11-21/h2-7,10,13-15,18H,8-9,12H2,1H3/t14?,15?,18-/m0/s1. The average molecular weight is 376 g/mol. The quantitative estimate of drug-likeness (QED) is 0.797. The summed E-state index contributed by atoms with van der Waals surface area (Å²) in [5.41, 5.74) is 0.958. The predicted molar refractivity (Wildman–Crippen MR) is 103 cm³/mol. The van der Waals surface area contributed by atoms with Gasteiger partial charge in [0.1, 0.15) is 6.33 Å². The summed E-state index contributed by atoms with van der Waals surface area (Å²) in [5.74, 6) is 0.317. The zero-order valence-corrected chi connectivity index (χ0v) is 15.5. The van der Waals surface area contributed by atoms with Gasteiger partial charge in [-0.05, 0) is 6.07 Å². The first kappa shape index (κ1) is 18.1. The molecule has 0 aromatic carbocycles. The highest BCUT2D eigenvalue weighted by molar-refractivity contribution is 5.55. The largest absolute Gasteiger partial charge is 0.374 e. The van der Waals surface area contributed by atoms with Crippen molar-refractivity contribution in [1.82, 2.24) is 19.5 Å². The molecule has 4 rings (SSSR count). The summed E-state index contributed by atoms with van der Waals surface area (Å²) < 4.78 is 7.51. The normalized spacial score (nSPS) is 24.1. The number of rotatable bonds is 3. The maximum atomic E-state index is 12.5. The van der Waals surface area contributed by atoms with Crippen LogP contribution in [0.1, 0.15) is 0 Å². The second-order valence-corrected chi connectivity index (χ2v) is 6.79. The van der Waals surface area contributed by atoms with Crippen molar-refractivity contribution in [3.63, 3.8) is 0 Å². The Bertz CT molecular complexity index is 1010. The van der Waals surface area contributed by atoms with Crippen molar-refractivity contribution >= 4 is 5.95 Å². The minimum atomic E-state index is -0.223. The van der Waals surface area contributed by atoms with Gasteiger partial charge in [0.25, 0.3) is 5.56 Å². The van der Waals surface area contributed by atoms with Crippen LogP contribution in [0.3, 0.4) is 0 Å². The molecule has 0 saturated carbocycles. The molecule has 0 radical (unpaired) electrons. The molecule has 0 amide bonds. The molecule has 0 bridgehead atoms. The molecular weight excluding hydrogens is 356 g/mol. The maximum absolute atomic E-state index is 12.5. The third-order valence-electron chi connectivity index (χ3n) is 5.09. The molecule has 3 atom stereocenters. The molecular formula is C20H20N6O2. The molecule has 2 aliphatic rings. The van der Waals surface area contributed by atoms with E-state index >= 15 is 0 Å². The Morgan fingerprint density at radius 3 is 2.93 bits per heavy atom. The fourth-order valence-corrected chi connectivity index (χ4v) is 3.58. The Labute approximate surface area is 162 Å². The van der Waals surface area contributed by atoms with Crippen LogP contribution in [-0.4, -0.2) is 45.3 Å². The van der Waals surface area contributed by atoms with Crippen LogP contribution in [-0.2, 0) is 11.8 Å². The number of anilines is 1. The molecule has 28 heavy (non-hydrogen) atoms. The van der Waals surface area contributed by atoms with Gasteiger partial charge in [0, 0.05) is 38.3 Å². The Kier molecular flexibility index (Phi) is 5.00. The van der Waals surface area contributed by atoms with Crippen LogP contribution in [0, 0.1) is 23.2 Å². The number of nitriles is 1. The summed E-state index contributed by atoms with van der Waals surface area (Å²) in [6, 6.07) is 5.54. The van der Waals surface area contributed by atoms with Crippen LogP contribution < -0.4 is 10.5 Å². The fourth-order valence-electron chi connectivity index (χ4n) is 3.58. The van der Waals surface area contributed by atoms with Crippen LogP contribution >= 0.6 is 0 Å². The smallest absolute Gasteiger partial charge is 0.255 e. The summed E-state index contributed by atoms with van der Waals surface area (Å²) in [5, 5.41) is 9.44. The number of hydrogen-bond donors (Lipinski definition) is 0. The molecule has 8 heteroatoms. The Morgan fingerprint density at radius 1 is 1.29 bits per heavy atom. The molecule has 2 aromatic rings. The van der Waals surface area contributed by atoms with E-state index in [9.17, 15) is 10.1 Å². The van der Waals surface area contributed by atoms with Gasteiger partial charge in [0.2, 0.25) is 5.95 Å². The first-order valence-corrected chi connectivity index (χ1v) is 9.13.